The second kappa shape index (κ2) is 9.70. The Labute approximate surface area is 168 Å². The monoisotopic (exact) mass is 403 g/mol. The van der Waals surface area contributed by atoms with Crippen molar-refractivity contribution < 1.29 is 14.1 Å². The van der Waals surface area contributed by atoms with E-state index in [9.17, 15) is 9.59 Å². The molecule has 0 bridgehead atoms. The van der Waals surface area contributed by atoms with Gasteiger partial charge in [-0.2, -0.15) is 0 Å². The smallest absolute Gasteiger partial charge is 0.238 e. The number of thioether (sulfide) groups is 1. The van der Waals surface area contributed by atoms with E-state index in [4.69, 9.17) is 4.52 Å². The molecule has 9 heteroatoms. The molecule has 2 aromatic rings. The van der Waals surface area contributed by atoms with Crippen LogP contribution in [0.25, 0.3) is 0 Å². The Morgan fingerprint density at radius 3 is 2.61 bits per heavy atom. The largest absolute Gasteiger partial charge is 0.360 e. The van der Waals surface area contributed by atoms with Gasteiger partial charge in [-0.15, -0.1) is 11.8 Å². The van der Waals surface area contributed by atoms with Crippen LogP contribution in [0.4, 0.5) is 5.82 Å². The zero-order chi connectivity index (χ0) is 19.9. The van der Waals surface area contributed by atoms with E-state index in [-0.39, 0.29) is 22.8 Å². The summed E-state index contributed by atoms with van der Waals surface area (Å²) in [7, 11) is 0. The Hall–Kier alpha value is -2.39. The molecule has 150 valence electrons. The molecule has 0 radical (unpaired) electrons. The Bertz CT molecular complexity index is 790. The van der Waals surface area contributed by atoms with Crippen LogP contribution in [0.3, 0.4) is 0 Å². The summed E-state index contributed by atoms with van der Waals surface area (Å²) in [4.78, 5) is 32.9. The third-order valence-corrected chi connectivity index (χ3v) is 5.71. The van der Waals surface area contributed by atoms with Gasteiger partial charge in [-0.05, 0) is 31.5 Å². The molecule has 0 aliphatic carbocycles. The predicted octanol–water partition coefficient (Wildman–Crippen LogP) is 1.78. The number of carbonyl (C=O) groups excluding carboxylic acids is 2. The molecular formula is C19H25N5O3S. The lowest BCUT2D eigenvalue weighted by atomic mass is 10.2. The van der Waals surface area contributed by atoms with Crippen molar-refractivity contribution in [1.29, 1.82) is 0 Å². The lowest BCUT2D eigenvalue weighted by molar-refractivity contribution is -0.130. The van der Waals surface area contributed by atoms with Crippen LogP contribution >= 0.6 is 11.8 Å². The average Bonchev–Trinajstić information content (AvgIpc) is 3.11. The van der Waals surface area contributed by atoms with E-state index in [0.717, 1.165) is 19.6 Å². The molecular weight excluding hydrogens is 378 g/mol. The van der Waals surface area contributed by atoms with Gasteiger partial charge in [0.15, 0.2) is 5.82 Å². The number of nitrogens with one attached hydrogen (secondary N) is 1. The highest BCUT2D eigenvalue weighted by Crippen LogP contribution is 2.16. The van der Waals surface area contributed by atoms with E-state index in [1.54, 1.807) is 32.3 Å². The molecule has 0 aromatic carbocycles. The maximum absolute atomic E-state index is 12.5. The van der Waals surface area contributed by atoms with Crippen molar-refractivity contribution in [2.24, 2.45) is 0 Å². The highest BCUT2D eigenvalue weighted by Gasteiger charge is 2.23. The molecule has 1 saturated heterocycles. The van der Waals surface area contributed by atoms with Gasteiger partial charge in [0.1, 0.15) is 5.76 Å². The van der Waals surface area contributed by atoms with Gasteiger partial charge in [0.25, 0.3) is 0 Å². The van der Waals surface area contributed by atoms with Crippen molar-refractivity contribution in [1.82, 2.24) is 19.9 Å². The third kappa shape index (κ3) is 5.80. The molecule has 1 fully saturated rings. The van der Waals surface area contributed by atoms with Crippen LogP contribution in [0.1, 0.15) is 18.2 Å². The van der Waals surface area contributed by atoms with E-state index in [1.165, 1.54) is 17.3 Å². The van der Waals surface area contributed by atoms with Crippen LogP contribution in [0.2, 0.25) is 0 Å². The lowest BCUT2D eigenvalue weighted by Crippen LogP contribution is -2.49. The highest BCUT2D eigenvalue weighted by molar-refractivity contribution is 8.01. The first-order chi connectivity index (χ1) is 13.5. The molecule has 2 amide bonds. The summed E-state index contributed by atoms with van der Waals surface area (Å²) in [5.41, 5.74) is 1.23. The minimum atomic E-state index is -0.353. The summed E-state index contributed by atoms with van der Waals surface area (Å²) in [6.07, 6.45) is 3.60. The molecule has 3 heterocycles. The fourth-order valence-corrected chi connectivity index (χ4v) is 3.70. The number of amides is 2. The van der Waals surface area contributed by atoms with Gasteiger partial charge in [-0.1, -0.05) is 5.16 Å². The van der Waals surface area contributed by atoms with Gasteiger partial charge < -0.3 is 14.7 Å². The van der Waals surface area contributed by atoms with E-state index in [0.29, 0.717) is 24.7 Å². The summed E-state index contributed by atoms with van der Waals surface area (Å²) in [5.74, 6) is 1.20. The molecule has 1 atom stereocenters. The van der Waals surface area contributed by atoms with Crippen LogP contribution in [-0.2, 0) is 16.1 Å². The summed E-state index contributed by atoms with van der Waals surface area (Å²) in [6, 6.07) is 5.69. The van der Waals surface area contributed by atoms with E-state index < -0.39 is 0 Å². The van der Waals surface area contributed by atoms with Gasteiger partial charge in [-0.3, -0.25) is 19.5 Å². The number of nitrogens with zero attached hydrogens (tertiary/aromatic N) is 4. The molecule has 0 unspecified atom stereocenters. The number of anilines is 1. The maximum atomic E-state index is 12.5. The Morgan fingerprint density at radius 2 is 1.96 bits per heavy atom. The molecule has 8 nitrogen and oxygen atoms in total. The number of carbonyl (C=O) groups is 2. The third-order valence-electron chi connectivity index (χ3n) is 4.59. The summed E-state index contributed by atoms with van der Waals surface area (Å²) in [6.45, 7) is 7.54. The van der Waals surface area contributed by atoms with E-state index in [2.05, 4.69) is 20.4 Å². The van der Waals surface area contributed by atoms with Crippen molar-refractivity contribution in [3.05, 3.63) is 41.9 Å². The zero-order valence-electron chi connectivity index (χ0n) is 16.1. The number of aromatic nitrogens is 2. The first-order valence-corrected chi connectivity index (χ1v) is 10.3. The second-order valence-electron chi connectivity index (χ2n) is 6.78. The van der Waals surface area contributed by atoms with Crippen LogP contribution in [0, 0.1) is 6.92 Å². The van der Waals surface area contributed by atoms with Crippen molar-refractivity contribution in [3.63, 3.8) is 0 Å². The minimum Gasteiger partial charge on any atom is -0.360 e. The summed E-state index contributed by atoms with van der Waals surface area (Å²) in [5, 5.41) is 6.09. The molecule has 2 aromatic heterocycles. The molecule has 0 spiro atoms. The van der Waals surface area contributed by atoms with Crippen LogP contribution in [0.15, 0.2) is 35.1 Å². The standard InChI is InChI=1S/C19H25N5O3S/c1-14-11-17(22-27-14)21-19(26)15(2)28-13-18(25)24-9-7-23(8-10-24)12-16-3-5-20-6-4-16/h3-6,11,15H,7-10,12-13H2,1-2H3,(H,21,22,26)/t15-/m0/s1. The number of hydrogen-bond acceptors (Lipinski definition) is 7. The molecule has 1 N–H and O–H groups in total. The Kier molecular flexibility index (Phi) is 7.05. The van der Waals surface area contributed by atoms with Gasteiger partial charge in [0, 0.05) is 51.2 Å². The first kappa shape index (κ1) is 20.3. The fraction of sp³-hybridized carbons (Fsp3) is 0.474. The predicted molar refractivity (Wildman–Crippen MR) is 108 cm³/mol. The van der Waals surface area contributed by atoms with E-state index in [1.807, 2.05) is 17.0 Å². The van der Waals surface area contributed by atoms with Crippen molar-refractivity contribution in [2.75, 3.05) is 37.2 Å². The van der Waals surface area contributed by atoms with Crippen LogP contribution in [-0.4, -0.2) is 68.9 Å². The highest BCUT2D eigenvalue weighted by atomic mass is 32.2. The quantitative estimate of drug-likeness (QED) is 0.753. The minimum absolute atomic E-state index is 0.0745. The second-order valence-corrected chi connectivity index (χ2v) is 8.11. The number of rotatable bonds is 7. The van der Waals surface area contributed by atoms with Gasteiger partial charge in [0.05, 0.1) is 11.0 Å². The summed E-state index contributed by atoms with van der Waals surface area (Å²) < 4.78 is 4.93. The van der Waals surface area contributed by atoms with E-state index >= 15 is 0 Å². The Balaban J connectivity index is 1.37. The average molecular weight is 404 g/mol. The van der Waals surface area contributed by atoms with Crippen LogP contribution < -0.4 is 5.32 Å². The maximum Gasteiger partial charge on any atom is 0.238 e. The van der Waals surface area contributed by atoms with Gasteiger partial charge in [0.2, 0.25) is 11.8 Å². The number of piperazine rings is 1. The zero-order valence-corrected chi connectivity index (χ0v) is 16.9. The fourth-order valence-electron chi connectivity index (χ4n) is 2.92. The SMILES string of the molecule is Cc1cc(NC(=O)[C@H](C)SCC(=O)N2CCN(Cc3ccncc3)CC2)no1. The Morgan fingerprint density at radius 1 is 1.25 bits per heavy atom. The summed E-state index contributed by atoms with van der Waals surface area (Å²) >= 11 is 1.33. The van der Waals surface area contributed by atoms with Gasteiger partial charge in [-0.25, -0.2) is 0 Å². The van der Waals surface area contributed by atoms with Crippen molar-refractivity contribution in [2.45, 2.75) is 25.6 Å². The number of aryl methyl sites for hydroxylation is 1. The van der Waals surface area contributed by atoms with Crippen molar-refractivity contribution >= 4 is 29.4 Å². The van der Waals surface area contributed by atoms with Crippen LogP contribution in [0.5, 0.6) is 0 Å². The topological polar surface area (TPSA) is 91.6 Å². The van der Waals surface area contributed by atoms with Gasteiger partial charge >= 0.3 is 0 Å². The molecule has 28 heavy (non-hydrogen) atoms. The normalized spacial score (nSPS) is 16.0. The molecule has 3 rings (SSSR count). The lowest BCUT2D eigenvalue weighted by Gasteiger charge is -2.34. The molecule has 1 aliphatic rings. The molecule has 1 aliphatic heterocycles. The number of hydrogen-bond donors (Lipinski definition) is 1. The molecule has 0 saturated carbocycles. The first-order valence-electron chi connectivity index (χ1n) is 9.26. The van der Waals surface area contributed by atoms with Crippen molar-refractivity contribution in [3.8, 4) is 0 Å². The number of pyridine rings is 1.